The molecule has 1 aromatic rings. The molecule has 0 fully saturated rings. The van der Waals surface area contributed by atoms with Crippen molar-refractivity contribution in [1.82, 2.24) is 10.2 Å². The van der Waals surface area contributed by atoms with E-state index in [4.69, 9.17) is 0 Å². The van der Waals surface area contributed by atoms with Gasteiger partial charge in [0.15, 0.2) is 0 Å². The van der Waals surface area contributed by atoms with Gasteiger partial charge in [0.05, 0.1) is 0 Å². The summed E-state index contributed by atoms with van der Waals surface area (Å²) in [6, 6.07) is 9.12. The molecule has 0 saturated heterocycles. The summed E-state index contributed by atoms with van der Waals surface area (Å²) >= 11 is 3.54. The zero-order valence-electron chi connectivity index (χ0n) is 13.5. The van der Waals surface area contributed by atoms with Crippen molar-refractivity contribution in [1.29, 1.82) is 0 Å². The molecular formula is C17H29BrN2. The summed E-state index contributed by atoms with van der Waals surface area (Å²) in [6.07, 6.45) is 1.19. The molecule has 0 aromatic heterocycles. The van der Waals surface area contributed by atoms with Gasteiger partial charge in [0, 0.05) is 30.1 Å². The van der Waals surface area contributed by atoms with Crippen LogP contribution in [0.1, 0.15) is 39.7 Å². The van der Waals surface area contributed by atoms with Crippen LogP contribution >= 0.6 is 15.9 Å². The lowest BCUT2D eigenvalue weighted by molar-refractivity contribution is 0.172. The van der Waals surface area contributed by atoms with Crippen LogP contribution < -0.4 is 5.32 Å². The average molecular weight is 341 g/mol. The Kier molecular flexibility index (Phi) is 7.21. The Morgan fingerprint density at radius 2 is 2.05 bits per heavy atom. The van der Waals surface area contributed by atoms with E-state index in [-0.39, 0.29) is 0 Å². The number of rotatable bonds is 8. The predicted octanol–water partition coefficient (Wildman–Crippen LogP) is 4.30. The molecule has 0 aliphatic heterocycles. The third-order valence-corrected chi connectivity index (χ3v) is 4.28. The van der Waals surface area contributed by atoms with Crippen LogP contribution in [0.3, 0.4) is 0 Å². The Hall–Kier alpha value is -0.380. The second-order valence-electron chi connectivity index (χ2n) is 6.50. The molecule has 3 heteroatoms. The standard InChI is InChI=1S/C17H29BrN2/c1-6-17(4,12-19-14(2)3)13-20(5)11-15-8-7-9-16(18)10-15/h7-10,14,19H,6,11-13H2,1-5H3. The average Bonchev–Trinajstić information content (AvgIpc) is 2.36. The van der Waals surface area contributed by atoms with E-state index in [1.54, 1.807) is 0 Å². The fourth-order valence-electron chi connectivity index (χ4n) is 2.40. The first kappa shape index (κ1) is 17.7. The highest BCUT2D eigenvalue weighted by Crippen LogP contribution is 2.22. The van der Waals surface area contributed by atoms with Gasteiger partial charge in [-0.1, -0.05) is 55.8 Å². The van der Waals surface area contributed by atoms with Crippen molar-refractivity contribution in [3.63, 3.8) is 0 Å². The molecule has 1 aromatic carbocycles. The summed E-state index contributed by atoms with van der Waals surface area (Å²) in [5.41, 5.74) is 1.68. The van der Waals surface area contributed by atoms with Crippen molar-refractivity contribution in [2.24, 2.45) is 5.41 Å². The molecule has 0 heterocycles. The van der Waals surface area contributed by atoms with Crippen LogP contribution in [-0.4, -0.2) is 31.1 Å². The highest BCUT2D eigenvalue weighted by atomic mass is 79.9. The molecule has 0 bridgehead atoms. The van der Waals surface area contributed by atoms with Gasteiger partial charge in [-0.2, -0.15) is 0 Å². The summed E-state index contributed by atoms with van der Waals surface area (Å²) in [6.45, 7) is 12.3. The minimum Gasteiger partial charge on any atom is -0.314 e. The summed E-state index contributed by atoms with van der Waals surface area (Å²) in [5, 5.41) is 3.58. The molecule has 20 heavy (non-hydrogen) atoms. The van der Waals surface area contributed by atoms with Crippen molar-refractivity contribution < 1.29 is 0 Å². The Balaban J connectivity index is 2.56. The molecule has 0 aliphatic carbocycles. The Labute approximate surface area is 133 Å². The fraction of sp³-hybridized carbons (Fsp3) is 0.647. The van der Waals surface area contributed by atoms with Crippen LogP contribution in [0.15, 0.2) is 28.7 Å². The quantitative estimate of drug-likeness (QED) is 0.759. The summed E-state index contributed by atoms with van der Waals surface area (Å²) in [5.74, 6) is 0. The van der Waals surface area contributed by atoms with Gasteiger partial charge in [-0.3, -0.25) is 0 Å². The predicted molar refractivity (Wildman–Crippen MR) is 92.0 cm³/mol. The first-order chi connectivity index (χ1) is 9.34. The molecule has 0 saturated carbocycles. The maximum atomic E-state index is 3.58. The van der Waals surface area contributed by atoms with E-state index in [1.165, 1.54) is 12.0 Å². The smallest absolute Gasteiger partial charge is 0.0231 e. The van der Waals surface area contributed by atoms with Crippen molar-refractivity contribution in [3.8, 4) is 0 Å². The molecule has 0 spiro atoms. The molecule has 1 unspecified atom stereocenters. The minimum absolute atomic E-state index is 0.324. The largest absolute Gasteiger partial charge is 0.314 e. The third kappa shape index (κ3) is 6.38. The number of nitrogens with zero attached hydrogens (tertiary/aromatic N) is 1. The van der Waals surface area contributed by atoms with Gasteiger partial charge in [-0.15, -0.1) is 0 Å². The molecule has 114 valence electrons. The van der Waals surface area contributed by atoms with Crippen LogP contribution in [0, 0.1) is 5.41 Å². The van der Waals surface area contributed by atoms with E-state index in [1.807, 2.05) is 0 Å². The lowest BCUT2D eigenvalue weighted by Gasteiger charge is -2.34. The molecule has 1 N–H and O–H groups in total. The SMILES string of the molecule is CCC(C)(CNC(C)C)CN(C)Cc1cccc(Br)c1. The van der Waals surface area contributed by atoms with Gasteiger partial charge in [0.25, 0.3) is 0 Å². The van der Waals surface area contributed by atoms with Crippen LogP contribution in [0.2, 0.25) is 0 Å². The summed E-state index contributed by atoms with van der Waals surface area (Å²) in [7, 11) is 2.21. The minimum atomic E-state index is 0.324. The van der Waals surface area contributed by atoms with E-state index in [2.05, 4.69) is 85.2 Å². The highest BCUT2D eigenvalue weighted by molar-refractivity contribution is 9.10. The lowest BCUT2D eigenvalue weighted by Crippen LogP contribution is -2.42. The van der Waals surface area contributed by atoms with Gasteiger partial charge in [0.2, 0.25) is 0 Å². The second-order valence-corrected chi connectivity index (χ2v) is 7.42. The molecule has 0 amide bonds. The van der Waals surface area contributed by atoms with E-state index < -0.39 is 0 Å². The van der Waals surface area contributed by atoms with E-state index >= 15 is 0 Å². The Morgan fingerprint density at radius 1 is 1.35 bits per heavy atom. The number of halogens is 1. The molecule has 0 aliphatic rings. The van der Waals surface area contributed by atoms with Gasteiger partial charge in [0.1, 0.15) is 0 Å². The Morgan fingerprint density at radius 3 is 2.60 bits per heavy atom. The van der Waals surface area contributed by atoms with Crippen LogP contribution in [-0.2, 0) is 6.54 Å². The van der Waals surface area contributed by atoms with E-state index in [9.17, 15) is 0 Å². The molecule has 1 atom stereocenters. The van der Waals surface area contributed by atoms with Crippen molar-refractivity contribution in [2.75, 3.05) is 20.1 Å². The van der Waals surface area contributed by atoms with Gasteiger partial charge in [-0.05, 0) is 36.6 Å². The third-order valence-electron chi connectivity index (χ3n) is 3.78. The highest BCUT2D eigenvalue weighted by Gasteiger charge is 2.24. The van der Waals surface area contributed by atoms with E-state index in [0.717, 1.165) is 24.1 Å². The first-order valence-corrected chi connectivity index (χ1v) is 8.30. The number of hydrogen-bond donors (Lipinski definition) is 1. The van der Waals surface area contributed by atoms with Crippen molar-refractivity contribution in [2.45, 2.75) is 46.7 Å². The van der Waals surface area contributed by atoms with Crippen LogP contribution in [0.5, 0.6) is 0 Å². The summed E-state index contributed by atoms with van der Waals surface area (Å²) in [4.78, 5) is 2.42. The second kappa shape index (κ2) is 8.16. The van der Waals surface area contributed by atoms with Gasteiger partial charge in [-0.25, -0.2) is 0 Å². The van der Waals surface area contributed by atoms with Gasteiger partial charge < -0.3 is 10.2 Å². The van der Waals surface area contributed by atoms with Crippen LogP contribution in [0.4, 0.5) is 0 Å². The molecule has 1 rings (SSSR count). The first-order valence-electron chi connectivity index (χ1n) is 7.51. The number of nitrogens with one attached hydrogen (secondary N) is 1. The van der Waals surface area contributed by atoms with Gasteiger partial charge >= 0.3 is 0 Å². The van der Waals surface area contributed by atoms with Crippen molar-refractivity contribution >= 4 is 15.9 Å². The normalized spacial score (nSPS) is 14.8. The summed E-state index contributed by atoms with van der Waals surface area (Å²) < 4.78 is 1.16. The number of hydrogen-bond acceptors (Lipinski definition) is 2. The maximum Gasteiger partial charge on any atom is 0.0231 e. The zero-order valence-corrected chi connectivity index (χ0v) is 15.1. The monoisotopic (exact) mass is 340 g/mol. The molecule has 2 nitrogen and oxygen atoms in total. The Bertz CT molecular complexity index is 406. The molecular weight excluding hydrogens is 312 g/mol. The fourth-order valence-corrected chi connectivity index (χ4v) is 2.84. The number of benzene rings is 1. The lowest BCUT2D eigenvalue weighted by atomic mass is 9.86. The van der Waals surface area contributed by atoms with E-state index in [0.29, 0.717) is 11.5 Å². The zero-order chi connectivity index (χ0) is 15.2. The van der Waals surface area contributed by atoms with Crippen molar-refractivity contribution in [3.05, 3.63) is 34.3 Å². The maximum absolute atomic E-state index is 3.58. The van der Waals surface area contributed by atoms with Crippen LogP contribution in [0.25, 0.3) is 0 Å². The molecule has 0 radical (unpaired) electrons. The topological polar surface area (TPSA) is 15.3 Å².